The van der Waals surface area contributed by atoms with Crippen LogP contribution >= 0.6 is 11.8 Å². The summed E-state index contributed by atoms with van der Waals surface area (Å²) in [6.45, 7) is 1.60. The Labute approximate surface area is 125 Å². The maximum Gasteiger partial charge on any atom is 0.335 e. The third-order valence-corrected chi connectivity index (χ3v) is 3.68. The van der Waals surface area contributed by atoms with Crippen LogP contribution in [0.3, 0.4) is 0 Å². The fraction of sp³-hybridized carbons (Fsp3) is 0.214. The van der Waals surface area contributed by atoms with E-state index in [0.29, 0.717) is 10.9 Å². The number of thioether (sulfide) groups is 1. The molecule has 1 aromatic carbocycles. The number of rotatable bonds is 3. The molecule has 1 aliphatic heterocycles. The van der Waals surface area contributed by atoms with Gasteiger partial charge in [-0.05, 0) is 13.0 Å². The van der Waals surface area contributed by atoms with Gasteiger partial charge in [0, 0.05) is 11.3 Å². The number of carboxylic acid groups (broad SMARTS) is 1. The van der Waals surface area contributed by atoms with Crippen LogP contribution in [0.4, 0.5) is 4.39 Å². The molecule has 1 atom stereocenters. The molecule has 0 fully saturated rings. The van der Waals surface area contributed by atoms with E-state index in [4.69, 9.17) is 5.26 Å². The summed E-state index contributed by atoms with van der Waals surface area (Å²) < 4.78 is 14.0. The number of nitrogens with zero attached hydrogens (tertiary/aromatic N) is 2. The summed E-state index contributed by atoms with van der Waals surface area (Å²) in [6, 6.07) is 6.99. The summed E-state index contributed by atoms with van der Waals surface area (Å²) in [7, 11) is 0. The van der Waals surface area contributed by atoms with Crippen LogP contribution in [0.2, 0.25) is 0 Å². The van der Waals surface area contributed by atoms with Gasteiger partial charge in [-0.25, -0.2) is 14.2 Å². The molecule has 2 rings (SSSR count). The Morgan fingerprint density at radius 1 is 1.57 bits per heavy atom. The number of nitrogens with one attached hydrogen (secondary N) is 1. The molecule has 0 amide bonds. The second kappa shape index (κ2) is 6.41. The molecule has 5 nitrogen and oxygen atoms in total. The zero-order chi connectivity index (χ0) is 15.4. The second-order valence-corrected chi connectivity index (χ2v) is 5.24. The number of carboxylic acids is 1. The Morgan fingerprint density at radius 3 is 2.90 bits per heavy atom. The summed E-state index contributed by atoms with van der Waals surface area (Å²) >= 11 is 1.15. The fourth-order valence-corrected chi connectivity index (χ4v) is 2.63. The topological polar surface area (TPSA) is 85.5 Å². The van der Waals surface area contributed by atoms with Gasteiger partial charge in [-0.15, -0.1) is 0 Å². The number of hydrogen-bond acceptors (Lipinski definition) is 5. The zero-order valence-electron chi connectivity index (χ0n) is 11.1. The van der Waals surface area contributed by atoms with Crippen molar-refractivity contribution in [2.45, 2.75) is 13.0 Å². The molecule has 1 aliphatic rings. The fourth-order valence-electron chi connectivity index (χ4n) is 2.02. The van der Waals surface area contributed by atoms with E-state index >= 15 is 0 Å². The number of halogens is 1. The van der Waals surface area contributed by atoms with Crippen molar-refractivity contribution in [1.82, 2.24) is 5.32 Å². The average Bonchev–Trinajstić information content (AvgIpc) is 2.44. The van der Waals surface area contributed by atoms with Crippen LogP contribution in [0.15, 0.2) is 40.5 Å². The number of allylic oxidation sites excluding steroid dienone is 1. The number of amidine groups is 1. The maximum atomic E-state index is 14.0. The molecule has 21 heavy (non-hydrogen) atoms. The largest absolute Gasteiger partial charge is 0.478 e. The van der Waals surface area contributed by atoms with E-state index < -0.39 is 17.8 Å². The number of nitriles is 1. The average molecular weight is 305 g/mol. The van der Waals surface area contributed by atoms with Crippen LogP contribution in [-0.2, 0) is 4.79 Å². The molecule has 1 aromatic rings. The van der Waals surface area contributed by atoms with Crippen LogP contribution in [0, 0.1) is 17.1 Å². The van der Waals surface area contributed by atoms with Crippen LogP contribution in [0.25, 0.3) is 0 Å². The predicted molar refractivity (Wildman–Crippen MR) is 78.1 cm³/mol. The number of aliphatic carboxylic acids is 1. The first kappa shape index (κ1) is 15.1. The van der Waals surface area contributed by atoms with Crippen molar-refractivity contribution < 1.29 is 14.3 Å². The van der Waals surface area contributed by atoms with Crippen molar-refractivity contribution in [2.75, 3.05) is 5.75 Å². The first-order valence-corrected chi connectivity index (χ1v) is 7.06. The Kier molecular flexibility index (Phi) is 4.60. The van der Waals surface area contributed by atoms with Gasteiger partial charge >= 0.3 is 5.97 Å². The van der Waals surface area contributed by atoms with Crippen molar-refractivity contribution in [1.29, 1.82) is 5.26 Å². The van der Waals surface area contributed by atoms with Crippen LogP contribution in [0.5, 0.6) is 0 Å². The summed E-state index contributed by atoms with van der Waals surface area (Å²) in [6.07, 6.45) is 0. The van der Waals surface area contributed by atoms with Gasteiger partial charge < -0.3 is 10.4 Å². The second-order valence-electron chi connectivity index (χ2n) is 4.27. The molecule has 2 N–H and O–H groups in total. The van der Waals surface area contributed by atoms with E-state index in [0.717, 1.165) is 11.8 Å². The summed E-state index contributed by atoms with van der Waals surface area (Å²) in [5, 5.41) is 21.2. The van der Waals surface area contributed by atoms with Crippen molar-refractivity contribution in [3.8, 4) is 6.07 Å². The monoisotopic (exact) mass is 305 g/mol. The molecule has 7 heteroatoms. The Hall–Kier alpha value is -2.33. The summed E-state index contributed by atoms with van der Waals surface area (Å²) in [5.74, 6) is -1.49. The van der Waals surface area contributed by atoms with E-state index in [9.17, 15) is 14.3 Å². The normalized spacial score (nSPS) is 17.8. The lowest BCUT2D eigenvalue weighted by Crippen LogP contribution is -2.30. The lowest BCUT2D eigenvalue weighted by Gasteiger charge is -2.24. The van der Waals surface area contributed by atoms with Gasteiger partial charge in [0.05, 0.1) is 17.4 Å². The molecule has 0 bridgehead atoms. The predicted octanol–water partition coefficient (Wildman–Crippen LogP) is 2.44. The minimum Gasteiger partial charge on any atom is -0.478 e. The van der Waals surface area contributed by atoms with Gasteiger partial charge in [0.1, 0.15) is 11.9 Å². The first-order chi connectivity index (χ1) is 10.0. The Morgan fingerprint density at radius 2 is 2.29 bits per heavy atom. The molecular weight excluding hydrogens is 293 g/mol. The molecule has 108 valence electrons. The standard InChI is InChI=1S/C14H12FN3O2S/c1-8-11(13(19)20)12(9-4-2-3-5-10(9)15)18-14(17-8)21-7-6-16/h2-5,12H,7H2,1H3,(H,17,18)(H,19,20). The van der Waals surface area contributed by atoms with Crippen LogP contribution in [0.1, 0.15) is 18.5 Å². The first-order valence-electron chi connectivity index (χ1n) is 6.07. The Bertz CT molecular complexity index is 679. The molecule has 0 saturated heterocycles. The van der Waals surface area contributed by atoms with E-state index in [1.807, 2.05) is 6.07 Å². The number of hydrogen-bond donors (Lipinski definition) is 2. The third-order valence-electron chi connectivity index (χ3n) is 2.92. The molecular formula is C14H12FN3O2S. The van der Waals surface area contributed by atoms with Gasteiger partial charge in [0.15, 0.2) is 5.17 Å². The summed E-state index contributed by atoms with van der Waals surface area (Å²) in [4.78, 5) is 15.7. The minimum absolute atomic E-state index is 0.00130. The third kappa shape index (κ3) is 3.23. The molecule has 1 unspecified atom stereocenters. The molecule has 0 radical (unpaired) electrons. The molecule has 0 saturated carbocycles. The minimum atomic E-state index is -1.15. The lowest BCUT2D eigenvalue weighted by molar-refractivity contribution is -0.133. The highest BCUT2D eigenvalue weighted by atomic mass is 32.2. The summed E-state index contributed by atoms with van der Waals surface area (Å²) in [5.41, 5.74) is 0.596. The molecule has 0 spiro atoms. The van der Waals surface area contributed by atoms with E-state index in [1.165, 1.54) is 18.2 Å². The van der Waals surface area contributed by atoms with Crippen molar-refractivity contribution in [3.05, 3.63) is 46.9 Å². The number of carbonyl (C=O) groups is 1. The lowest BCUT2D eigenvalue weighted by atomic mass is 9.96. The van der Waals surface area contributed by atoms with E-state index in [1.54, 1.807) is 13.0 Å². The van der Waals surface area contributed by atoms with Gasteiger partial charge in [0.25, 0.3) is 0 Å². The van der Waals surface area contributed by atoms with Crippen LogP contribution in [-0.4, -0.2) is 22.0 Å². The highest BCUT2D eigenvalue weighted by molar-refractivity contribution is 8.14. The SMILES string of the molecule is CC1=C(C(=O)O)C(c2ccccc2F)N=C(SCC#N)N1. The van der Waals surface area contributed by atoms with Crippen molar-refractivity contribution in [2.24, 2.45) is 4.99 Å². The highest BCUT2D eigenvalue weighted by Gasteiger charge is 2.30. The smallest absolute Gasteiger partial charge is 0.335 e. The van der Waals surface area contributed by atoms with Gasteiger partial charge in [-0.1, -0.05) is 30.0 Å². The quantitative estimate of drug-likeness (QED) is 0.896. The maximum absolute atomic E-state index is 14.0. The van der Waals surface area contributed by atoms with Crippen molar-refractivity contribution >= 4 is 22.9 Å². The van der Waals surface area contributed by atoms with Crippen LogP contribution < -0.4 is 5.32 Å². The van der Waals surface area contributed by atoms with Gasteiger partial charge in [0.2, 0.25) is 0 Å². The molecule has 0 aromatic heterocycles. The van der Waals surface area contributed by atoms with E-state index in [-0.39, 0.29) is 16.9 Å². The van der Waals surface area contributed by atoms with E-state index in [2.05, 4.69) is 10.3 Å². The molecule has 1 heterocycles. The highest BCUT2D eigenvalue weighted by Crippen LogP contribution is 2.33. The van der Waals surface area contributed by atoms with Gasteiger partial charge in [-0.2, -0.15) is 5.26 Å². The number of aliphatic imine (C=N–C) groups is 1. The zero-order valence-corrected chi connectivity index (χ0v) is 11.9. The number of benzene rings is 1. The molecule has 0 aliphatic carbocycles. The van der Waals surface area contributed by atoms with Gasteiger partial charge in [-0.3, -0.25) is 0 Å². The Balaban J connectivity index is 2.47. The van der Waals surface area contributed by atoms with Crippen molar-refractivity contribution in [3.63, 3.8) is 0 Å².